The van der Waals surface area contributed by atoms with Crippen molar-refractivity contribution in [3.8, 4) is 0 Å². The third kappa shape index (κ3) is 3.52. The lowest BCUT2D eigenvalue weighted by molar-refractivity contribution is -0.116. The summed E-state index contributed by atoms with van der Waals surface area (Å²) in [4.78, 5) is 35.8. The highest BCUT2D eigenvalue weighted by Crippen LogP contribution is 2.18. The summed E-state index contributed by atoms with van der Waals surface area (Å²) in [5.41, 5.74) is 3.15. The lowest BCUT2D eigenvalue weighted by atomic mass is 10.0. The van der Waals surface area contributed by atoms with Crippen LogP contribution in [0, 0.1) is 6.92 Å². The topological polar surface area (TPSA) is 81.3 Å². The van der Waals surface area contributed by atoms with Crippen molar-refractivity contribution in [1.29, 1.82) is 0 Å². The van der Waals surface area contributed by atoms with Crippen LogP contribution >= 0.6 is 0 Å². The predicted octanol–water partition coefficient (Wildman–Crippen LogP) is 3.04. The first-order chi connectivity index (χ1) is 12.0. The molecule has 0 aliphatic carbocycles. The van der Waals surface area contributed by atoms with E-state index in [2.05, 4.69) is 5.32 Å². The summed E-state index contributed by atoms with van der Waals surface area (Å²) in [6, 6.07) is 12.3. The van der Waals surface area contributed by atoms with Gasteiger partial charge in [0.05, 0.1) is 5.52 Å². The molecule has 1 N–H and O–H groups in total. The second-order valence-electron chi connectivity index (χ2n) is 5.90. The molecule has 6 heteroatoms. The van der Waals surface area contributed by atoms with E-state index in [1.54, 1.807) is 31.3 Å². The van der Waals surface area contributed by atoms with Crippen LogP contribution in [0.4, 0.5) is 5.69 Å². The second-order valence-corrected chi connectivity index (χ2v) is 5.90. The highest BCUT2D eigenvalue weighted by Gasteiger charge is 2.12. The molecule has 0 aliphatic heterocycles. The van der Waals surface area contributed by atoms with Crippen molar-refractivity contribution < 1.29 is 14.0 Å². The van der Waals surface area contributed by atoms with Gasteiger partial charge in [-0.2, -0.15) is 0 Å². The van der Waals surface area contributed by atoms with Gasteiger partial charge in [0.15, 0.2) is 11.4 Å². The molecule has 3 rings (SSSR count). The fourth-order valence-corrected chi connectivity index (χ4v) is 2.68. The zero-order valence-electron chi connectivity index (χ0n) is 14.0. The van der Waals surface area contributed by atoms with E-state index in [9.17, 15) is 14.4 Å². The summed E-state index contributed by atoms with van der Waals surface area (Å²) in [5, 5.41) is 2.74. The Hall–Kier alpha value is -3.15. The van der Waals surface area contributed by atoms with Crippen LogP contribution in [0.1, 0.15) is 28.8 Å². The molecule has 0 fully saturated rings. The SMILES string of the molecule is Cc1ccccc1C(=O)CCC(=O)Nc1ccc2oc(=O)n(C)c2c1. The van der Waals surface area contributed by atoms with Crippen molar-refractivity contribution >= 4 is 28.5 Å². The number of aryl methyl sites for hydroxylation is 2. The number of carbonyl (C=O) groups is 2. The van der Waals surface area contributed by atoms with E-state index in [1.807, 2.05) is 25.1 Å². The number of hydrogen-bond donors (Lipinski definition) is 1. The van der Waals surface area contributed by atoms with Crippen LogP contribution in [0.5, 0.6) is 0 Å². The van der Waals surface area contributed by atoms with Crippen molar-refractivity contribution in [3.05, 3.63) is 64.1 Å². The normalized spacial score (nSPS) is 10.8. The Kier molecular flexibility index (Phi) is 4.52. The fourth-order valence-electron chi connectivity index (χ4n) is 2.68. The molecule has 128 valence electrons. The average Bonchev–Trinajstić information content (AvgIpc) is 2.87. The number of fused-ring (bicyclic) bond motifs is 1. The third-order valence-electron chi connectivity index (χ3n) is 4.10. The quantitative estimate of drug-likeness (QED) is 0.725. The Labute approximate surface area is 144 Å². The first-order valence-electron chi connectivity index (χ1n) is 7.94. The molecule has 1 aromatic heterocycles. The van der Waals surface area contributed by atoms with Gasteiger partial charge in [0.25, 0.3) is 0 Å². The smallest absolute Gasteiger partial charge is 0.408 e. The Morgan fingerprint density at radius 2 is 1.88 bits per heavy atom. The molecular weight excluding hydrogens is 320 g/mol. The molecule has 0 bridgehead atoms. The number of ketones is 1. The molecule has 3 aromatic rings. The maximum Gasteiger partial charge on any atom is 0.419 e. The summed E-state index contributed by atoms with van der Waals surface area (Å²) in [6.07, 6.45) is 0.235. The van der Waals surface area contributed by atoms with Gasteiger partial charge in [-0.25, -0.2) is 4.79 Å². The van der Waals surface area contributed by atoms with Gasteiger partial charge in [0.1, 0.15) is 0 Å². The molecule has 25 heavy (non-hydrogen) atoms. The summed E-state index contributed by atoms with van der Waals surface area (Å²) < 4.78 is 6.42. The van der Waals surface area contributed by atoms with Crippen LogP contribution in [-0.4, -0.2) is 16.3 Å². The fraction of sp³-hybridized carbons (Fsp3) is 0.211. The number of oxazole rings is 1. The van der Waals surface area contributed by atoms with Gasteiger partial charge >= 0.3 is 5.76 Å². The molecular formula is C19H18N2O4. The van der Waals surface area contributed by atoms with Crippen LogP contribution in [0.15, 0.2) is 51.7 Å². The minimum Gasteiger partial charge on any atom is -0.408 e. The lowest BCUT2D eigenvalue weighted by Gasteiger charge is -2.06. The molecule has 1 amide bonds. The zero-order chi connectivity index (χ0) is 18.0. The van der Waals surface area contributed by atoms with Crippen LogP contribution in [-0.2, 0) is 11.8 Å². The van der Waals surface area contributed by atoms with Crippen LogP contribution in [0.25, 0.3) is 11.1 Å². The molecule has 0 aliphatic rings. The maximum absolute atomic E-state index is 12.2. The largest absolute Gasteiger partial charge is 0.419 e. The molecule has 0 saturated heterocycles. The van der Waals surface area contributed by atoms with Crippen LogP contribution in [0.2, 0.25) is 0 Å². The van der Waals surface area contributed by atoms with E-state index in [1.165, 1.54) is 4.57 Å². The molecule has 2 aromatic carbocycles. The van der Waals surface area contributed by atoms with E-state index < -0.39 is 5.76 Å². The Morgan fingerprint density at radius 1 is 1.12 bits per heavy atom. The number of carbonyl (C=O) groups excluding carboxylic acids is 2. The number of amides is 1. The zero-order valence-corrected chi connectivity index (χ0v) is 14.0. The monoisotopic (exact) mass is 338 g/mol. The molecule has 0 radical (unpaired) electrons. The van der Waals surface area contributed by atoms with E-state index >= 15 is 0 Å². The number of nitrogens with one attached hydrogen (secondary N) is 1. The minimum atomic E-state index is -0.456. The molecule has 0 spiro atoms. The average molecular weight is 338 g/mol. The Morgan fingerprint density at radius 3 is 2.64 bits per heavy atom. The molecule has 1 heterocycles. The van der Waals surface area contributed by atoms with Crippen molar-refractivity contribution in [2.45, 2.75) is 19.8 Å². The number of anilines is 1. The van der Waals surface area contributed by atoms with Crippen molar-refractivity contribution in [2.24, 2.45) is 7.05 Å². The predicted molar refractivity (Wildman–Crippen MR) is 94.8 cm³/mol. The Balaban J connectivity index is 1.65. The third-order valence-corrected chi connectivity index (χ3v) is 4.10. The number of hydrogen-bond acceptors (Lipinski definition) is 4. The number of Topliss-reactive ketones (excluding diaryl/α,β-unsaturated/α-hetero) is 1. The number of nitrogens with zero attached hydrogens (tertiary/aromatic N) is 1. The van der Waals surface area contributed by atoms with Crippen molar-refractivity contribution in [2.75, 3.05) is 5.32 Å². The van der Waals surface area contributed by atoms with Gasteiger partial charge < -0.3 is 9.73 Å². The number of aromatic nitrogens is 1. The van der Waals surface area contributed by atoms with Gasteiger partial charge in [-0.1, -0.05) is 24.3 Å². The lowest BCUT2D eigenvalue weighted by Crippen LogP contribution is -2.14. The second kappa shape index (κ2) is 6.76. The van der Waals surface area contributed by atoms with E-state index in [0.29, 0.717) is 22.4 Å². The highest BCUT2D eigenvalue weighted by atomic mass is 16.4. The molecule has 6 nitrogen and oxygen atoms in total. The molecule has 0 atom stereocenters. The Bertz CT molecular complexity index is 1010. The summed E-state index contributed by atoms with van der Waals surface area (Å²) >= 11 is 0. The molecule has 0 saturated carbocycles. The van der Waals surface area contributed by atoms with Gasteiger partial charge in [-0.3, -0.25) is 14.2 Å². The van der Waals surface area contributed by atoms with Crippen LogP contribution in [0.3, 0.4) is 0 Å². The van der Waals surface area contributed by atoms with Gasteiger partial charge in [-0.15, -0.1) is 0 Å². The first-order valence-corrected chi connectivity index (χ1v) is 7.94. The highest BCUT2D eigenvalue weighted by molar-refractivity contribution is 6.01. The molecule has 0 unspecified atom stereocenters. The van der Waals surface area contributed by atoms with Crippen molar-refractivity contribution in [3.63, 3.8) is 0 Å². The first kappa shape index (κ1) is 16.7. The number of benzene rings is 2. The van der Waals surface area contributed by atoms with Gasteiger partial charge in [-0.05, 0) is 30.7 Å². The van der Waals surface area contributed by atoms with Gasteiger partial charge in [0, 0.05) is 31.1 Å². The van der Waals surface area contributed by atoms with Crippen LogP contribution < -0.4 is 11.1 Å². The summed E-state index contributed by atoms with van der Waals surface area (Å²) in [7, 11) is 1.60. The van der Waals surface area contributed by atoms with Crippen molar-refractivity contribution in [1.82, 2.24) is 4.57 Å². The summed E-state index contributed by atoms with van der Waals surface area (Å²) in [6.45, 7) is 1.87. The standard InChI is InChI=1S/C19H18N2O4/c1-12-5-3-4-6-14(12)16(22)8-10-18(23)20-13-7-9-17-15(11-13)21(2)19(24)25-17/h3-7,9,11H,8,10H2,1-2H3,(H,20,23). The minimum absolute atomic E-state index is 0.0547. The van der Waals surface area contributed by atoms with Gasteiger partial charge in [0.2, 0.25) is 5.91 Å². The van der Waals surface area contributed by atoms with E-state index in [0.717, 1.165) is 5.56 Å². The van der Waals surface area contributed by atoms with E-state index in [4.69, 9.17) is 4.42 Å². The number of rotatable bonds is 5. The van der Waals surface area contributed by atoms with E-state index in [-0.39, 0.29) is 24.5 Å². The maximum atomic E-state index is 12.2. The summed E-state index contributed by atoms with van der Waals surface area (Å²) in [5.74, 6) is -0.766.